The van der Waals surface area contributed by atoms with Gasteiger partial charge in [-0.1, -0.05) is 48.9 Å². The fraction of sp³-hybridized carbons (Fsp3) is 0.455. The minimum Gasteiger partial charge on any atom is -0.383 e. The third-order valence-electron chi connectivity index (χ3n) is 10.2. The number of fused-ring (bicyclic) bond motifs is 4. The molecule has 0 saturated heterocycles. The number of halogens is 5. The lowest BCUT2D eigenvalue weighted by Gasteiger charge is -2.56. The number of carbonyl (C=O) groups excluding carboxylic acids is 1. The molecule has 2 saturated carbocycles. The van der Waals surface area contributed by atoms with Crippen molar-refractivity contribution in [2.45, 2.75) is 75.5 Å². The zero-order valence-corrected chi connectivity index (χ0v) is 22.7. The molecule has 3 nitrogen and oxygen atoms in total. The Bertz CT molecular complexity index is 1460. The normalized spacial score (nSPS) is 32.0. The molecule has 1 N–H and O–H groups in total. The minimum absolute atomic E-state index is 0.0379. The zero-order chi connectivity index (χ0) is 29.2. The van der Waals surface area contributed by atoms with Gasteiger partial charge in [-0.15, -0.1) is 0 Å². The van der Waals surface area contributed by atoms with E-state index in [-0.39, 0.29) is 24.5 Å². The summed E-state index contributed by atoms with van der Waals surface area (Å²) in [6, 6.07) is 13.1. The van der Waals surface area contributed by atoms with Gasteiger partial charge >= 0.3 is 12.1 Å². The minimum atomic E-state index is -5.86. The van der Waals surface area contributed by atoms with Crippen molar-refractivity contribution in [3.8, 4) is 0 Å². The fourth-order valence-corrected chi connectivity index (χ4v) is 8.25. The molecular formula is C33H32F5NO2. The first kappa shape index (κ1) is 28.0. The topological polar surface area (TPSA) is 50.2 Å². The fourth-order valence-electron chi connectivity index (χ4n) is 8.25. The second-order valence-corrected chi connectivity index (χ2v) is 12.2. The summed E-state index contributed by atoms with van der Waals surface area (Å²) in [5, 5.41) is 11.4. The number of allylic oxidation sites excluding steroid dienone is 4. The number of aliphatic hydroxyl groups is 1. The Hall–Kier alpha value is -3.13. The van der Waals surface area contributed by atoms with Crippen molar-refractivity contribution in [1.82, 2.24) is 4.98 Å². The lowest BCUT2D eigenvalue weighted by atomic mass is 9.50. The Morgan fingerprint density at radius 1 is 1.00 bits per heavy atom. The van der Waals surface area contributed by atoms with Crippen molar-refractivity contribution < 1.29 is 31.9 Å². The number of nitrogens with zero attached hydrogens (tertiary/aromatic N) is 1. The van der Waals surface area contributed by atoms with E-state index < -0.39 is 41.4 Å². The van der Waals surface area contributed by atoms with Gasteiger partial charge in [-0.3, -0.25) is 9.78 Å². The predicted octanol–water partition coefficient (Wildman–Crippen LogP) is 8.08. The van der Waals surface area contributed by atoms with Crippen LogP contribution in [0.4, 0.5) is 22.0 Å². The average Bonchev–Trinajstić information content (AvgIpc) is 3.22. The van der Waals surface area contributed by atoms with E-state index in [1.165, 1.54) is 6.92 Å². The number of aromatic nitrogens is 1. The van der Waals surface area contributed by atoms with Crippen LogP contribution in [0.15, 0.2) is 71.5 Å². The molecule has 0 amide bonds. The number of alkyl halides is 5. The molecule has 5 atom stereocenters. The molecule has 2 fully saturated rings. The highest BCUT2D eigenvalue weighted by atomic mass is 19.4. The van der Waals surface area contributed by atoms with Gasteiger partial charge in [-0.2, -0.15) is 22.0 Å². The molecule has 0 bridgehead atoms. The van der Waals surface area contributed by atoms with Gasteiger partial charge in [0.05, 0.1) is 5.69 Å². The molecule has 216 valence electrons. The summed E-state index contributed by atoms with van der Waals surface area (Å²) in [5.41, 5.74) is 0.599. The molecule has 1 heterocycles. The molecule has 2 aromatic rings. The summed E-state index contributed by atoms with van der Waals surface area (Å²) < 4.78 is 71.7. The molecule has 1 aromatic carbocycles. The van der Waals surface area contributed by atoms with Gasteiger partial charge in [0.2, 0.25) is 0 Å². The summed E-state index contributed by atoms with van der Waals surface area (Å²) in [6.07, 6.45) is 2.73. The molecular weight excluding hydrogens is 537 g/mol. The maximum atomic E-state index is 15.2. The predicted molar refractivity (Wildman–Crippen MR) is 146 cm³/mol. The summed E-state index contributed by atoms with van der Waals surface area (Å²) in [6.45, 7) is 1.44. The molecule has 0 spiro atoms. The molecule has 0 aliphatic heterocycles. The molecule has 1 aromatic heterocycles. The standard InChI is InChI=1S/C33H32F5NO2/c1-30-19-27(21-6-4-5-20(17-21)8-10-23-7-2-3-16-39-23)29-25-13-11-24(40)18-22(25)9-12-26(29)28(30)14-15-31(30,41)32(34,35)33(36,37)38/h2-8,10,16-18,26-28,41H,9,11-15,19H2,1H3/b10-8+/t26?,27-,28?,30?,31?/m1/s1. The maximum Gasteiger partial charge on any atom is 0.456 e. The molecule has 8 heteroatoms. The van der Waals surface area contributed by atoms with E-state index in [9.17, 15) is 23.1 Å². The van der Waals surface area contributed by atoms with E-state index >= 15 is 8.78 Å². The maximum absolute atomic E-state index is 15.2. The van der Waals surface area contributed by atoms with Gasteiger partial charge in [-0.25, -0.2) is 0 Å². The van der Waals surface area contributed by atoms with Crippen LogP contribution >= 0.6 is 0 Å². The number of hydrogen-bond donors (Lipinski definition) is 1. The summed E-state index contributed by atoms with van der Waals surface area (Å²) in [5.74, 6) is -6.43. The number of hydrogen-bond acceptors (Lipinski definition) is 3. The van der Waals surface area contributed by atoms with Crippen LogP contribution in [-0.4, -0.2) is 33.6 Å². The number of ketones is 1. The largest absolute Gasteiger partial charge is 0.456 e. The molecule has 4 aliphatic carbocycles. The summed E-state index contributed by atoms with van der Waals surface area (Å²) >= 11 is 0. The van der Waals surface area contributed by atoms with Crippen LogP contribution in [0.2, 0.25) is 0 Å². The highest BCUT2D eigenvalue weighted by molar-refractivity contribution is 5.93. The van der Waals surface area contributed by atoms with E-state index in [0.29, 0.717) is 25.7 Å². The van der Waals surface area contributed by atoms with Gasteiger partial charge < -0.3 is 5.11 Å². The third kappa shape index (κ3) is 4.32. The zero-order valence-electron chi connectivity index (χ0n) is 22.7. The molecule has 41 heavy (non-hydrogen) atoms. The van der Waals surface area contributed by atoms with Gasteiger partial charge in [0.1, 0.15) is 5.60 Å². The van der Waals surface area contributed by atoms with Crippen molar-refractivity contribution in [1.29, 1.82) is 0 Å². The second kappa shape index (κ2) is 9.72. The van der Waals surface area contributed by atoms with Crippen LogP contribution in [0, 0.1) is 17.3 Å². The number of carbonyl (C=O) groups is 1. The van der Waals surface area contributed by atoms with E-state index in [1.807, 2.05) is 54.6 Å². The van der Waals surface area contributed by atoms with Gasteiger partial charge in [0.25, 0.3) is 0 Å². The van der Waals surface area contributed by atoms with Crippen LogP contribution in [0.25, 0.3) is 12.2 Å². The Morgan fingerprint density at radius 2 is 1.80 bits per heavy atom. The smallest absolute Gasteiger partial charge is 0.383 e. The first-order valence-electron chi connectivity index (χ1n) is 14.2. The van der Waals surface area contributed by atoms with Crippen molar-refractivity contribution in [2.24, 2.45) is 17.3 Å². The monoisotopic (exact) mass is 569 g/mol. The third-order valence-corrected chi connectivity index (χ3v) is 10.2. The summed E-state index contributed by atoms with van der Waals surface area (Å²) in [7, 11) is 0. The van der Waals surface area contributed by atoms with Crippen LogP contribution in [-0.2, 0) is 4.79 Å². The van der Waals surface area contributed by atoms with Crippen molar-refractivity contribution in [3.63, 3.8) is 0 Å². The van der Waals surface area contributed by atoms with Crippen LogP contribution < -0.4 is 0 Å². The SMILES string of the molecule is CC12C[C@H](c3cccc(/C=C/c4ccccn4)c3)C3=C4CCC(=O)C=C4CCC3C1CCC2(O)C(F)(F)C(F)(F)F. The van der Waals surface area contributed by atoms with Crippen molar-refractivity contribution >= 4 is 17.9 Å². The van der Waals surface area contributed by atoms with Crippen LogP contribution in [0.3, 0.4) is 0 Å². The highest BCUT2D eigenvalue weighted by Gasteiger charge is 2.79. The molecule has 6 rings (SSSR count). The van der Waals surface area contributed by atoms with E-state index in [4.69, 9.17) is 0 Å². The quantitative estimate of drug-likeness (QED) is 0.379. The Kier molecular flexibility index (Phi) is 6.64. The van der Waals surface area contributed by atoms with Gasteiger partial charge in [0, 0.05) is 24.0 Å². The van der Waals surface area contributed by atoms with Crippen molar-refractivity contribution in [2.75, 3.05) is 0 Å². The van der Waals surface area contributed by atoms with Crippen molar-refractivity contribution in [3.05, 3.63) is 88.3 Å². The molecule has 4 unspecified atom stereocenters. The average molecular weight is 570 g/mol. The Balaban J connectivity index is 1.48. The second-order valence-electron chi connectivity index (χ2n) is 12.2. The van der Waals surface area contributed by atoms with Crippen LogP contribution in [0.5, 0.6) is 0 Å². The number of rotatable bonds is 4. The Morgan fingerprint density at radius 3 is 2.54 bits per heavy atom. The molecule has 0 radical (unpaired) electrons. The Labute approximate surface area is 235 Å². The first-order chi connectivity index (χ1) is 19.4. The highest BCUT2D eigenvalue weighted by Crippen LogP contribution is 2.70. The summed E-state index contributed by atoms with van der Waals surface area (Å²) in [4.78, 5) is 16.5. The first-order valence-corrected chi connectivity index (χ1v) is 14.2. The molecule has 4 aliphatic rings. The number of benzene rings is 1. The number of pyridine rings is 1. The van der Waals surface area contributed by atoms with Crippen LogP contribution in [0.1, 0.15) is 74.6 Å². The lowest BCUT2D eigenvalue weighted by Crippen LogP contribution is -2.65. The lowest BCUT2D eigenvalue weighted by molar-refractivity contribution is -0.362. The van der Waals surface area contributed by atoms with Gasteiger partial charge in [0.15, 0.2) is 5.78 Å². The van der Waals surface area contributed by atoms with E-state index in [2.05, 4.69) is 4.98 Å². The van der Waals surface area contributed by atoms with E-state index in [0.717, 1.165) is 33.5 Å². The van der Waals surface area contributed by atoms with Gasteiger partial charge in [-0.05, 0) is 96.9 Å². The van der Waals surface area contributed by atoms with E-state index in [1.54, 1.807) is 12.3 Å².